The van der Waals surface area contributed by atoms with Gasteiger partial charge in [0.25, 0.3) is 21.8 Å². The number of amides is 2. The molecule has 0 spiro atoms. The Morgan fingerprint density at radius 3 is 2.19 bits per heavy atom. The fourth-order valence-electron chi connectivity index (χ4n) is 3.17. The summed E-state index contributed by atoms with van der Waals surface area (Å²) in [6.07, 6.45) is 1.97. The number of nitrogens with one attached hydrogen (secondary N) is 2. The predicted octanol–water partition coefficient (Wildman–Crippen LogP) is 3.66. The van der Waals surface area contributed by atoms with E-state index in [1.54, 1.807) is 60.7 Å². The lowest BCUT2D eigenvalue weighted by Crippen LogP contribution is -2.27. The Kier molecular flexibility index (Phi) is 5.96. The topological polar surface area (TPSA) is 95.6 Å². The third kappa shape index (κ3) is 4.81. The molecule has 1 saturated carbocycles. The molecule has 0 aliphatic heterocycles. The van der Waals surface area contributed by atoms with Gasteiger partial charge in [0, 0.05) is 29.9 Å². The van der Waals surface area contributed by atoms with Crippen LogP contribution in [0.2, 0.25) is 0 Å². The Balaban J connectivity index is 1.52. The van der Waals surface area contributed by atoms with Gasteiger partial charge in [-0.3, -0.25) is 13.9 Å². The van der Waals surface area contributed by atoms with Gasteiger partial charge in [-0.25, -0.2) is 8.42 Å². The van der Waals surface area contributed by atoms with Gasteiger partial charge < -0.3 is 10.6 Å². The lowest BCUT2D eigenvalue weighted by atomic mass is 10.1. The Labute approximate surface area is 187 Å². The zero-order valence-corrected chi connectivity index (χ0v) is 18.3. The van der Waals surface area contributed by atoms with E-state index in [4.69, 9.17) is 0 Å². The van der Waals surface area contributed by atoms with E-state index in [2.05, 4.69) is 10.6 Å². The van der Waals surface area contributed by atoms with E-state index in [0.717, 1.165) is 12.8 Å². The summed E-state index contributed by atoms with van der Waals surface area (Å²) in [6.45, 7) is 0. The van der Waals surface area contributed by atoms with Crippen molar-refractivity contribution in [3.8, 4) is 0 Å². The fraction of sp³-hybridized carbons (Fsp3) is 0.167. The van der Waals surface area contributed by atoms with E-state index in [-0.39, 0.29) is 22.4 Å². The molecule has 0 heterocycles. The summed E-state index contributed by atoms with van der Waals surface area (Å²) in [7, 11) is -2.38. The van der Waals surface area contributed by atoms with Gasteiger partial charge in [-0.1, -0.05) is 30.3 Å². The van der Waals surface area contributed by atoms with Crippen molar-refractivity contribution in [3.63, 3.8) is 0 Å². The number of benzene rings is 3. The first-order valence-electron chi connectivity index (χ1n) is 10.2. The molecule has 32 heavy (non-hydrogen) atoms. The van der Waals surface area contributed by atoms with Crippen molar-refractivity contribution >= 4 is 33.2 Å². The van der Waals surface area contributed by atoms with Crippen LogP contribution in [0.15, 0.2) is 83.8 Å². The molecule has 0 unspecified atom stereocenters. The number of carbonyl (C=O) groups is 2. The van der Waals surface area contributed by atoms with Gasteiger partial charge in [0.1, 0.15) is 0 Å². The van der Waals surface area contributed by atoms with Crippen LogP contribution in [0.5, 0.6) is 0 Å². The van der Waals surface area contributed by atoms with E-state index in [1.807, 2.05) is 0 Å². The number of rotatable bonds is 7. The molecule has 2 amide bonds. The van der Waals surface area contributed by atoms with Crippen molar-refractivity contribution in [2.75, 3.05) is 16.7 Å². The van der Waals surface area contributed by atoms with Crippen molar-refractivity contribution in [3.05, 3.63) is 90.0 Å². The van der Waals surface area contributed by atoms with Crippen molar-refractivity contribution < 1.29 is 18.0 Å². The molecule has 1 fully saturated rings. The van der Waals surface area contributed by atoms with E-state index in [0.29, 0.717) is 16.9 Å². The molecule has 8 heteroatoms. The number of nitrogens with zero attached hydrogens (tertiary/aromatic N) is 1. The molecule has 0 bridgehead atoms. The molecule has 4 rings (SSSR count). The van der Waals surface area contributed by atoms with Crippen LogP contribution < -0.4 is 14.9 Å². The number of hydrogen-bond donors (Lipinski definition) is 2. The van der Waals surface area contributed by atoms with Crippen LogP contribution in [0, 0.1) is 0 Å². The summed E-state index contributed by atoms with van der Waals surface area (Å²) in [4.78, 5) is 25.0. The molecule has 1 aliphatic carbocycles. The maximum atomic E-state index is 13.0. The largest absolute Gasteiger partial charge is 0.349 e. The third-order valence-corrected chi connectivity index (χ3v) is 6.95. The van der Waals surface area contributed by atoms with E-state index in [1.165, 1.54) is 29.6 Å². The molecule has 0 saturated heterocycles. The second-order valence-electron chi connectivity index (χ2n) is 7.62. The molecule has 1 aliphatic rings. The van der Waals surface area contributed by atoms with Gasteiger partial charge in [-0.05, 0) is 61.4 Å². The van der Waals surface area contributed by atoms with Crippen LogP contribution in [0.1, 0.15) is 33.6 Å². The average molecular weight is 450 g/mol. The summed E-state index contributed by atoms with van der Waals surface area (Å²) in [5.41, 5.74) is 1.62. The molecule has 3 aromatic rings. The second kappa shape index (κ2) is 8.84. The van der Waals surface area contributed by atoms with Crippen molar-refractivity contribution in [1.82, 2.24) is 5.32 Å². The number of carbonyl (C=O) groups excluding carboxylic acids is 2. The molecule has 164 valence electrons. The van der Waals surface area contributed by atoms with Gasteiger partial charge in [-0.15, -0.1) is 0 Å². The highest BCUT2D eigenvalue weighted by atomic mass is 32.2. The molecule has 7 nitrogen and oxygen atoms in total. The molecule has 0 atom stereocenters. The molecule has 2 N–H and O–H groups in total. The number of para-hydroxylation sites is 1. The quantitative estimate of drug-likeness (QED) is 0.576. The highest BCUT2D eigenvalue weighted by molar-refractivity contribution is 7.92. The summed E-state index contributed by atoms with van der Waals surface area (Å²) in [5.74, 6) is -0.648. The fourth-order valence-corrected chi connectivity index (χ4v) is 4.41. The minimum absolute atomic E-state index is 0.00839. The Morgan fingerprint density at radius 1 is 0.844 bits per heavy atom. The zero-order chi connectivity index (χ0) is 22.7. The number of hydrogen-bond acceptors (Lipinski definition) is 4. The number of sulfonamides is 1. The van der Waals surface area contributed by atoms with Crippen LogP contribution in [0.3, 0.4) is 0 Å². The highest BCUT2D eigenvalue weighted by Crippen LogP contribution is 2.23. The monoisotopic (exact) mass is 449 g/mol. The smallest absolute Gasteiger partial charge is 0.264 e. The van der Waals surface area contributed by atoms with Gasteiger partial charge in [0.05, 0.1) is 10.6 Å². The van der Waals surface area contributed by atoms with Crippen molar-refractivity contribution in [1.29, 1.82) is 0 Å². The van der Waals surface area contributed by atoms with E-state index < -0.39 is 15.9 Å². The Hall–Kier alpha value is -3.65. The third-order valence-electron chi connectivity index (χ3n) is 5.17. The van der Waals surface area contributed by atoms with Gasteiger partial charge in [0.15, 0.2) is 0 Å². The minimum atomic E-state index is -3.84. The summed E-state index contributed by atoms with van der Waals surface area (Å²) < 4.78 is 27.2. The molecule has 0 radical (unpaired) electrons. The second-order valence-corrected chi connectivity index (χ2v) is 9.59. The maximum Gasteiger partial charge on any atom is 0.264 e. The lowest BCUT2D eigenvalue weighted by molar-refractivity contribution is 0.0949. The Bertz CT molecular complexity index is 1260. The van der Waals surface area contributed by atoms with E-state index in [9.17, 15) is 18.0 Å². The van der Waals surface area contributed by atoms with Crippen molar-refractivity contribution in [2.45, 2.75) is 23.8 Å². The Morgan fingerprint density at radius 2 is 1.50 bits per heavy atom. The van der Waals surface area contributed by atoms with Crippen LogP contribution in [0.25, 0.3) is 0 Å². The molecule has 0 aromatic heterocycles. The number of anilines is 2. The maximum absolute atomic E-state index is 13.0. The molecular weight excluding hydrogens is 426 g/mol. The lowest BCUT2D eigenvalue weighted by Gasteiger charge is -2.19. The first-order chi connectivity index (χ1) is 15.3. The average Bonchev–Trinajstić information content (AvgIpc) is 3.63. The van der Waals surface area contributed by atoms with Crippen molar-refractivity contribution in [2.24, 2.45) is 0 Å². The summed E-state index contributed by atoms with van der Waals surface area (Å²) >= 11 is 0. The van der Waals surface area contributed by atoms with Gasteiger partial charge in [0.2, 0.25) is 0 Å². The molecule has 3 aromatic carbocycles. The zero-order valence-electron chi connectivity index (χ0n) is 17.5. The first-order valence-corrected chi connectivity index (χ1v) is 11.6. The van der Waals surface area contributed by atoms with Gasteiger partial charge >= 0.3 is 0 Å². The summed E-state index contributed by atoms with van der Waals surface area (Å²) in [6, 6.07) is 21.4. The standard InChI is InChI=1S/C24H23N3O4S/c1-27(21-10-3-2-4-11-21)32(30,31)22-12-6-8-18(16-22)24(29)26-20-9-5-7-17(15-20)23(28)25-19-13-14-19/h2-12,15-16,19H,13-14H2,1H3,(H,25,28)(H,26,29). The van der Waals surface area contributed by atoms with Crippen LogP contribution in [-0.4, -0.2) is 33.3 Å². The predicted molar refractivity (Wildman–Crippen MR) is 123 cm³/mol. The summed E-state index contributed by atoms with van der Waals surface area (Å²) in [5, 5.41) is 5.64. The van der Waals surface area contributed by atoms with Crippen LogP contribution >= 0.6 is 0 Å². The highest BCUT2D eigenvalue weighted by Gasteiger charge is 2.24. The SMILES string of the molecule is CN(c1ccccc1)S(=O)(=O)c1cccc(C(=O)Nc2cccc(C(=O)NC3CC3)c2)c1. The van der Waals surface area contributed by atoms with Gasteiger partial charge in [-0.2, -0.15) is 0 Å². The van der Waals surface area contributed by atoms with E-state index >= 15 is 0 Å². The minimum Gasteiger partial charge on any atom is -0.349 e. The molecular formula is C24H23N3O4S. The van der Waals surface area contributed by atoms with Crippen LogP contribution in [-0.2, 0) is 10.0 Å². The van der Waals surface area contributed by atoms with Crippen LogP contribution in [0.4, 0.5) is 11.4 Å². The first kappa shape index (κ1) is 21.6. The normalized spacial score (nSPS) is 13.3.